The van der Waals surface area contributed by atoms with Crippen LogP contribution in [-0.2, 0) is 20.0 Å². The fourth-order valence-electron chi connectivity index (χ4n) is 2.47. The third-order valence-corrected chi connectivity index (χ3v) is 3.76. The van der Waals surface area contributed by atoms with Gasteiger partial charge in [0.2, 0.25) is 0 Å². The number of para-hydroxylation sites is 2. The van der Waals surface area contributed by atoms with Crippen molar-refractivity contribution in [1.29, 1.82) is 0 Å². The van der Waals surface area contributed by atoms with Gasteiger partial charge < -0.3 is 9.88 Å². The largest absolute Gasteiger partial charge is 0.361 e. The molecule has 0 saturated heterocycles. The minimum Gasteiger partial charge on any atom is -0.361 e. The van der Waals surface area contributed by atoms with Gasteiger partial charge in [0.1, 0.15) is 5.82 Å². The van der Waals surface area contributed by atoms with Crippen LogP contribution in [0.5, 0.6) is 0 Å². The van der Waals surface area contributed by atoms with Crippen LogP contribution in [0.25, 0.3) is 11.0 Å². The van der Waals surface area contributed by atoms with Crippen LogP contribution in [-0.4, -0.2) is 19.7 Å². The number of rotatable bonds is 4. The van der Waals surface area contributed by atoms with Crippen LogP contribution in [0.2, 0.25) is 0 Å². The maximum absolute atomic E-state index is 4.65. The molecule has 0 aliphatic heterocycles. The fourth-order valence-corrected chi connectivity index (χ4v) is 2.47. The predicted molar refractivity (Wildman–Crippen MR) is 80.7 cm³/mol. The Bertz CT molecular complexity index is 738. The van der Waals surface area contributed by atoms with Crippen LogP contribution in [0.4, 0.5) is 5.82 Å². The summed E-state index contributed by atoms with van der Waals surface area (Å²) in [6.07, 6.45) is 0.965. The first-order valence-electron chi connectivity index (χ1n) is 6.88. The molecule has 5 nitrogen and oxygen atoms in total. The van der Waals surface area contributed by atoms with E-state index in [2.05, 4.69) is 45.0 Å². The van der Waals surface area contributed by atoms with Crippen LogP contribution < -0.4 is 5.32 Å². The van der Waals surface area contributed by atoms with Crippen LogP contribution in [0.1, 0.15) is 24.0 Å². The minimum absolute atomic E-state index is 0.667. The van der Waals surface area contributed by atoms with Crippen LogP contribution >= 0.6 is 0 Å². The highest BCUT2D eigenvalue weighted by molar-refractivity contribution is 5.75. The molecule has 0 radical (unpaired) electrons. The summed E-state index contributed by atoms with van der Waals surface area (Å²) in [7, 11) is 2.04. The minimum atomic E-state index is 0.667. The maximum atomic E-state index is 4.65. The van der Waals surface area contributed by atoms with Gasteiger partial charge in [-0.3, -0.25) is 5.10 Å². The molecular formula is C15H19N5. The van der Waals surface area contributed by atoms with Crippen molar-refractivity contribution in [2.24, 2.45) is 7.05 Å². The third kappa shape index (κ3) is 2.05. The number of imidazole rings is 1. The Morgan fingerprint density at radius 1 is 1.30 bits per heavy atom. The van der Waals surface area contributed by atoms with E-state index in [0.717, 1.165) is 29.1 Å². The summed E-state index contributed by atoms with van der Waals surface area (Å²) in [6, 6.07) is 8.17. The van der Waals surface area contributed by atoms with Gasteiger partial charge in [-0.15, -0.1) is 0 Å². The normalized spacial score (nSPS) is 11.2. The number of H-pyrrole nitrogens is 1. The zero-order chi connectivity index (χ0) is 14.1. The molecule has 3 rings (SSSR count). The molecule has 0 bridgehead atoms. The molecule has 2 aromatic heterocycles. The molecule has 1 aromatic carbocycles. The molecule has 5 heteroatoms. The second-order valence-corrected chi connectivity index (χ2v) is 4.96. The average molecular weight is 269 g/mol. The van der Waals surface area contributed by atoms with Gasteiger partial charge in [0, 0.05) is 18.3 Å². The van der Waals surface area contributed by atoms with Gasteiger partial charge >= 0.3 is 0 Å². The lowest BCUT2D eigenvalue weighted by Crippen LogP contribution is -2.06. The van der Waals surface area contributed by atoms with Crippen molar-refractivity contribution >= 4 is 16.9 Å². The van der Waals surface area contributed by atoms with Crippen molar-refractivity contribution in [3.63, 3.8) is 0 Å². The molecule has 0 spiro atoms. The van der Waals surface area contributed by atoms with Gasteiger partial charge in [0.05, 0.1) is 17.6 Å². The number of anilines is 1. The smallest absolute Gasteiger partial charge is 0.151 e. The van der Waals surface area contributed by atoms with Gasteiger partial charge in [-0.05, 0) is 25.5 Å². The molecule has 0 saturated carbocycles. The number of benzene rings is 1. The summed E-state index contributed by atoms with van der Waals surface area (Å²) < 4.78 is 2.12. The summed E-state index contributed by atoms with van der Waals surface area (Å²) in [6.45, 7) is 4.87. The highest BCUT2D eigenvalue weighted by Crippen LogP contribution is 2.18. The second-order valence-electron chi connectivity index (χ2n) is 4.96. The molecule has 3 aromatic rings. The summed E-state index contributed by atoms with van der Waals surface area (Å²) in [4.78, 5) is 4.65. The number of nitrogens with one attached hydrogen (secondary N) is 2. The summed E-state index contributed by atoms with van der Waals surface area (Å²) in [5.41, 5.74) is 4.54. The summed E-state index contributed by atoms with van der Waals surface area (Å²) >= 11 is 0. The van der Waals surface area contributed by atoms with Crippen LogP contribution in [0, 0.1) is 6.92 Å². The molecule has 2 heterocycles. The maximum Gasteiger partial charge on any atom is 0.151 e. The summed E-state index contributed by atoms with van der Waals surface area (Å²) in [5.74, 6) is 1.92. The Hall–Kier alpha value is -2.30. The lowest BCUT2D eigenvalue weighted by atomic mass is 10.2. The van der Waals surface area contributed by atoms with E-state index >= 15 is 0 Å². The van der Waals surface area contributed by atoms with Gasteiger partial charge in [-0.25, -0.2) is 4.98 Å². The van der Waals surface area contributed by atoms with Crippen molar-refractivity contribution in [2.75, 3.05) is 5.32 Å². The van der Waals surface area contributed by atoms with E-state index in [4.69, 9.17) is 0 Å². The van der Waals surface area contributed by atoms with Crippen molar-refractivity contribution in [1.82, 2.24) is 19.7 Å². The van der Waals surface area contributed by atoms with Gasteiger partial charge in [-0.2, -0.15) is 5.10 Å². The topological polar surface area (TPSA) is 58.5 Å². The number of aromatic amines is 1. The Labute approximate surface area is 118 Å². The molecule has 0 fully saturated rings. The fraction of sp³-hybridized carbons (Fsp3) is 0.333. The molecular weight excluding hydrogens is 250 g/mol. The van der Waals surface area contributed by atoms with E-state index in [9.17, 15) is 0 Å². The third-order valence-electron chi connectivity index (χ3n) is 3.76. The Kier molecular flexibility index (Phi) is 3.18. The zero-order valence-corrected chi connectivity index (χ0v) is 12.1. The lowest BCUT2D eigenvalue weighted by Gasteiger charge is -2.05. The number of hydrogen-bond acceptors (Lipinski definition) is 3. The van der Waals surface area contributed by atoms with Gasteiger partial charge in [0.15, 0.2) is 5.82 Å². The highest BCUT2D eigenvalue weighted by Gasteiger charge is 2.10. The van der Waals surface area contributed by atoms with E-state index < -0.39 is 0 Å². The average Bonchev–Trinajstić information content (AvgIpc) is 2.98. The van der Waals surface area contributed by atoms with Crippen molar-refractivity contribution in [3.05, 3.63) is 41.3 Å². The Morgan fingerprint density at radius 3 is 2.80 bits per heavy atom. The zero-order valence-electron chi connectivity index (χ0n) is 12.1. The van der Waals surface area contributed by atoms with Gasteiger partial charge in [0.25, 0.3) is 0 Å². The molecule has 2 N–H and O–H groups in total. The van der Waals surface area contributed by atoms with E-state index in [-0.39, 0.29) is 0 Å². The van der Waals surface area contributed by atoms with Crippen molar-refractivity contribution < 1.29 is 0 Å². The monoisotopic (exact) mass is 269 g/mol. The SMILES string of the molecule is CCc1[nH]nc(NCc2nc3ccccc3n2C)c1C. The first-order chi connectivity index (χ1) is 9.70. The quantitative estimate of drug-likeness (QED) is 0.765. The number of fused-ring (bicyclic) bond motifs is 1. The van der Waals surface area contributed by atoms with Crippen LogP contribution in [0.15, 0.2) is 24.3 Å². The highest BCUT2D eigenvalue weighted by atomic mass is 15.2. The molecule has 20 heavy (non-hydrogen) atoms. The second kappa shape index (κ2) is 5.00. The Morgan fingerprint density at radius 2 is 2.10 bits per heavy atom. The first-order valence-corrected chi connectivity index (χ1v) is 6.88. The van der Waals surface area contributed by atoms with E-state index in [1.807, 2.05) is 25.2 Å². The lowest BCUT2D eigenvalue weighted by molar-refractivity contribution is 0.830. The number of nitrogens with zero attached hydrogens (tertiary/aromatic N) is 3. The molecule has 0 aliphatic rings. The number of aromatic nitrogens is 4. The van der Waals surface area contributed by atoms with E-state index in [1.165, 1.54) is 11.3 Å². The van der Waals surface area contributed by atoms with Gasteiger partial charge in [-0.1, -0.05) is 19.1 Å². The number of hydrogen-bond donors (Lipinski definition) is 2. The first kappa shape index (κ1) is 12.7. The van der Waals surface area contributed by atoms with E-state index in [1.54, 1.807) is 0 Å². The molecule has 104 valence electrons. The Balaban J connectivity index is 1.83. The predicted octanol–water partition coefficient (Wildman–Crippen LogP) is 2.78. The number of aryl methyl sites for hydroxylation is 2. The standard InChI is InChI=1S/C15H19N5/c1-4-11-10(2)15(19-18-11)16-9-14-17-12-7-5-6-8-13(12)20(14)3/h5-8H,4,9H2,1-3H3,(H2,16,18,19). The molecule has 0 aliphatic carbocycles. The molecule has 0 atom stereocenters. The van der Waals surface area contributed by atoms with Crippen molar-refractivity contribution in [3.8, 4) is 0 Å². The summed E-state index contributed by atoms with van der Waals surface area (Å²) in [5, 5.41) is 10.7. The molecule has 0 unspecified atom stereocenters. The molecule has 0 amide bonds. The van der Waals surface area contributed by atoms with E-state index in [0.29, 0.717) is 6.54 Å². The van der Waals surface area contributed by atoms with Crippen LogP contribution in [0.3, 0.4) is 0 Å². The van der Waals surface area contributed by atoms with Crippen molar-refractivity contribution in [2.45, 2.75) is 26.8 Å².